The summed E-state index contributed by atoms with van der Waals surface area (Å²) in [4.78, 5) is 24.3. The van der Waals surface area contributed by atoms with E-state index in [1.165, 1.54) is 18.2 Å². The molecule has 0 aromatic heterocycles. The van der Waals surface area contributed by atoms with E-state index < -0.39 is 11.7 Å². The summed E-state index contributed by atoms with van der Waals surface area (Å²) in [5, 5.41) is 5.54. The second-order valence-corrected chi connectivity index (χ2v) is 5.26. The van der Waals surface area contributed by atoms with Crippen molar-refractivity contribution in [2.45, 2.75) is 18.9 Å². The first-order chi connectivity index (χ1) is 10.6. The molecule has 0 saturated heterocycles. The second kappa shape index (κ2) is 5.97. The Hall–Kier alpha value is -2.69. The minimum absolute atomic E-state index is 0.206. The van der Waals surface area contributed by atoms with Crippen LogP contribution in [-0.2, 0) is 0 Å². The Kier molecular flexibility index (Phi) is 3.87. The van der Waals surface area contributed by atoms with E-state index in [0.29, 0.717) is 11.3 Å². The summed E-state index contributed by atoms with van der Waals surface area (Å²) in [5.41, 5.74) is 1.02. The molecule has 0 unspecified atom stereocenters. The number of carbonyl (C=O) groups is 2. The monoisotopic (exact) mass is 298 g/mol. The van der Waals surface area contributed by atoms with Crippen molar-refractivity contribution in [1.29, 1.82) is 0 Å². The summed E-state index contributed by atoms with van der Waals surface area (Å²) < 4.78 is 13.2. The standard InChI is InChI=1S/C17H15FN2O2/c18-12-5-3-4-11(10-12)16(21)20-15-7-2-1-6-14(15)17(22)19-13-8-9-13/h1-7,10,13H,8-9H2,(H,19,22)(H,20,21). The molecule has 2 aromatic rings. The molecule has 2 aromatic carbocycles. The van der Waals surface area contributed by atoms with Crippen molar-refractivity contribution in [3.63, 3.8) is 0 Å². The van der Waals surface area contributed by atoms with E-state index in [4.69, 9.17) is 0 Å². The predicted molar refractivity (Wildman–Crippen MR) is 81.3 cm³/mol. The van der Waals surface area contributed by atoms with Gasteiger partial charge >= 0.3 is 0 Å². The molecule has 0 atom stereocenters. The third-order valence-corrected chi connectivity index (χ3v) is 3.42. The maximum absolute atomic E-state index is 13.2. The molecule has 0 radical (unpaired) electrons. The van der Waals surface area contributed by atoms with E-state index in [9.17, 15) is 14.0 Å². The molecule has 4 nitrogen and oxygen atoms in total. The van der Waals surface area contributed by atoms with Gasteiger partial charge in [0.25, 0.3) is 11.8 Å². The van der Waals surface area contributed by atoms with Gasteiger partial charge in [-0.2, -0.15) is 0 Å². The van der Waals surface area contributed by atoms with Gasteiger partial charge in [0.15, 0.2) is 0 Å². The zero-order valence-electron chi connectivity index (χ0n) is 11.8. The van der Waals surface area contributed by atoms with Gasteiger partial charge in [0, 0.05) is 11.6 Å². The third-order valence-electron chi connectivity index (χ3n) is 3.42. The van der Waals surface area contributed by atoms with Crippen LogP contribution in [0, 0.1) is 5.82 Å². The molecule has 0 aliphatic heterocycles. The van der Waals surface area contributed by atoms with Gasteiger partial charge in [0.05, 0.1) is 11.3 Å². The molecule has 22 heavy (non-hydrogen) atoms. The number of nitrogens with one attached hydrogen (secondary N) is 2. The summed E-state index contributed by atoms with van der Waals surface area (Å²) in [6, 6.07) is 12.4. The SMILES string of the molecule is O=C(Nc1ccccc1C(=O)NC1CC1)c1cccc(F)c1. The highest BCUT2D eigenvalue weighted by Crippen LogP contribution is 2.22. The molecular formula is C17H15FN2O2. The van der Waals surface area contributed by atoms with Crippen LogP contribution in [0.25, 0.3) is 0 Å². The lowest BCUT2D eigenvalue weighted by molar-refractivity contribution is 0.0952. The first-order valence-corrected chi connectivity index (χ1v) is 7.10. The lowest BCUT2D eigenvalue weighted by atomic mass is 10.1. The second-order valence-electron chi connectivity index (χ2n) is 5.26. The summed E-state index contributed by atoms with van der Waals surface area (Å²) in [6.07, 6.45) is 1.98. The number of anilines is 1. The van der Waals surface area contributed by atoms with E-state index in [-0.39, 0.29) is 17.5 Å². The average molecular weight is 298 g/mol. The quantitative estimate of drug-likeness (QED) is 0.911. The summed E-state index contributed by atoms with van der Waals surface area (Å²) in [6.45, 7) is 0. The number of halogens is 1. The number of para-hydroxylation sites is 1. The molecule has 0 bridgehead atoms. The number of hydrogen-bond donors (Lipinski definition) is 2. The van der Waals surface area contributed by atoms with Crippen LogP contribution in [0.1, 0.15) is 33.6 Å². The van der Waals surface area contributed by atoms with Gasteiger partial charge in [-0.05, 0) is 43.2 Å². The van der Waals surface area contributed by atoms with Crippen LogP contribution >= 0.6 is 0 Å². The zero-order valence-corrected chi connectivity index (χ0v) is 11.8. The first kappa shape index (κ1) is 14.3. The van der Waals surface area contributed by atoms with Crippen molar-refractivity contribution in [2.24, 2.45) is 0 Å². The van der Waals surface area contributed by atoms with E-state index in [0.717, 1.165) is 18.9 Å². The van der Waals surface area contributed by atoms with Gasteiger partial charge in [-0.25, -0.2) is 4.39 Å². The predicted octanol–water partition coefficient (Wildman–Crippen LogP) is 2.97. The van der Waals surface area contributed by atoms with Crippen LogP contribution < -0.4 is 10.6 Å². The molecular weight excluding hydrogens is 283 g/mol. The van der Waals surface area contributed by atoms with E-state index in [1.54, 1.807) is 24.3 Å². The molecule has 2 amide bonds. The Labute approximate surface area is 127 Å². The average Bonchev–Trinajstić information content (AvgIpc) is 3.31. The lowest BCUT2D eigenvalue weighted by Gasteiger charge is -2.11. The number of carbonyl (C=O) groups excluding carboxylic acids is 2. The first-order valence-electron chi connectivity index (χ1n) is 7.10. The molecule has 0 heterocycles. The third kappa shape index (κ3) is 3.31. The van der Waals surface area contributed by atoms with Gasteiger partial charge in [-0.15, -0.1) is 0 Å². The van der Waals surface area contributed by atoms with Crippen LogP contribution in [0.5, 0.6) is 0 Å². The Bertz CT molecular complexity index is 726. The minimum atomic E-state index is -0.479. The molecule has 1 saturated carbocycles. The van der Waals surface area contributed by atoms with Crippen molar-refractivity contribution in [2.75, 3.05) is 5.32 Å². The highest BCUT2D eigenvalue weighted by Gasteiger charge is 2.25. The Balaban J connectivity index is 1.79. The van der Waals surface area contributed by atoms with Crippen molar-refractivity contribution >= 4 is 17.5 Å². The molecule has 1 aliphatic carbocycles. The molecule has 112 valence electrons. The molecule has 1 fully saturated rings. The Morgan fingerprint density at radius 1 is 1.00 bits per heavy atom. The van der Waals surface area contributed by atoms with Crippen LogP contribution in [0.3, 0.4) is 0 Å². The molecule has 3 rings (SSSR count). The number of benzene rings is 2. The largest absolute Gasteiger partial charge is 0.349 e. The molecule has 1 aliphatic rings. The van der Waals surface area contributed by atoms with Gasteiger partial charge in [-0.1, -0.05) is 18.2 Å². The smallest absolute Gasteiger partial charge is 0.255 e. The van der Waals surface area contributed by atoms with Crippen molar-refractivity contribution in [1.82, 2.24) is 5.32 Å². The Morgan fingerprint density at radius 2 is 1.77 bits per heavy atom. The summed E-state index contributed by atoms with van der Waals surface area (Å²) >= 11 is 0. The summed E-state index contributed by atoms with van der Waals surface area (Å²) in [7, 11) is 0. The normalized spacial score (nSPS) is 13.5. The van der Waals surface area contributed by atoms with Crippen LogP contribution in [-0.4, -0.2) is 17.9 Å². The maximum Gasteiger partial charge on any atom is 0.255 e. The van der Waals surface area contributed by atoms with Crippen molar-refractivity contribution in [3.8, 4) is 0 Å². The fourth-order valence-electron chi connectivity index (χ4n) is 2.11. The fraction of sp³-hybridized carbons (Fsp3) is 0.176. The van der Waals surface area contributed by atoms with Crippen molar-refractivity contribution in [3.05, 3.63) is 65.5 Å². The van der Waals surface area contributed by atoms with Gasteiger partial charge in [-0.3, -0.25) is 9.59 Å². The number of rotatable bonds is 4. The zero-order chi connectivity index (χ0) is 15.5. The van der Waals surface area contributed by atoms with Crippen LogP contribution in [0.2, 0.25) is 0 Å². The van der Waals surface area contributed by atoms with E-state index in [2.05, 4.69) is 10.6 Å². The van der Waals surface area contributed by atoms with Gasteiger partial charge in [0.2, 0.25) is 0 Å². The van der Waals surface area contributed by atoms with Gasteiger partial charge < -0.3 is 10.6 Å². The summed E-state index contributed by atoms with van der Waals surface area (Å²) in [5.74, 6) is -1.14. The highest BCUT2D eigenvalue weighted by atomic mass is 19.1. The molecule has 5 heteroatoms. The lowest BCUT2D eigenvalue weighted by Crippen LogP contribution is -2.27. The topological polar surface area (TPSA) is 58.2 Å². The Morgan fingerprint density at radius 3 is 2.50 bits per heavy atom. The van der Waals surface area contributed by atoms with Crippen LogP contribution in [0.15, 0.2) is 48.5 Å². The van der Waals surface area contributed by atoms with E-state index >= 15 is 0 Å². The molecule has 0 spiro atoms. The van der Waals surface area contributed by atoms with Crippen LogP contribution in [0.4, 0.5) is 10.1 Å². The maximum atomic E-state index is 13.2. The minimum Gasteiger partial charge on any atom is -0.349 e. The number of hydrogen-bond acceptors (Lipinski definition) is 2. The number of amides is 2. The highest BCUT2D eigenvalue weighted by molar-refractivity contribution is 6.09. The van der Waals surface area contributed by atoms with Crippen molar-refractivity contribution < 1.29 is 14.0 Å². The molecule has 2 N–H and O–H groups in total. The fourth-order valence-corrected chi connectivity index (χ4v) is 2.11. The van der Waals surface area contributed by atoms with Gasteiger partial charge in [0.1, 0.15) is 5.82 Å². The van der Waals surface area contributed by atoms with E-state index in [1.807, 2.05) is 0 Å².